The third kappa shape index (κ3) is 3.99. The summed E-state index contributed by atoms with van der Waals surface area (Å²) in [5.74, 6) is 0.461. The average Bonchev–Trinajstić information content (AvgIpc) is 3.10. The van der Waals surface area contributed by atoms with E-state index in [-0.39, 0.29) is 0 Å². The summed E-state index contributed by atoms with van der Waals surface area (Å²) in [5, 5.41) is 2.07. The van der Waals surface area contributed by atoms with Crippen molar-refractivity contribution in [3.05, 3.63) is 77.2 Å². The number of rotatable bonds is 6. The highest BCUT2D eigenvalue weighted by atomic mass is 32.1. The fourth-order valence-corrected chi connectivity index (χ4v) is 3.03. The van der Waals surface area contributed by atoms with Gasteiger partial charge in [0, 0.05) is 16.9 Å². The maximum atomic E-state index is 11.0. The number of primary amides is 1. The van der Waals surface area contributed by atoms with Gasteiger partial charge in [-0.2, -0.15) is 0 Å². The molecular formula is C19H17NO2S. The summed E-state index contributed by atoms with van der Waals surface area (Å²) < 4.78 is 5.84. The molecule has 0 radical (unpaired) electrons. The van der Waals surface area contributed by atoms with Gasteiger partial charge in [0.15, 0.2) is 0 Å². The lowest BCUT2D eigenvalue weighted by molar-refractivity contribution is 0.100. The lowest BCUT2D eigenvalue weighted by Crippen LogP contribution is -2.10. The first kappa shape index (κ1) is 15.3. The van der Waals surface area contributed by atoms with Gasteiger partial charge in [0.25, 0.3) is 0 Å². The zero-order valence-electron chi connectivity index (χ0n) is 12.6. The van der Waals surface area contributed by atoms with E-state index in [1.54, 1.807) is 23.5 Å². The predicted octanol–water partition coefficient (Wildman–Crippen LogP) is 4.14. The van der Waals surface area contributed by atoms with E-state index >= 15 is 0 Å². The molecule has 3 aromatic rings. The molecule has 2 aromatic carbocycles. The van der Waals surface area contributed by atoms with Crippen molar-refractivity contribution in [2.45, 2.75) is 6.42 Å². The van der Waals surface area contributed by atoms with Crippen molar-refractivity contribution in [3.63, 3.8) is 0 Å². The zero-order chi connectivity index (χ0) is 16.1. The predicted molar refractivity (Wildman–Crippen MR) is 93.9 cm³/mol. The van der Waals surface area contributed by atoms with Gasteiger partial charge in [-0.3, -0.25) is 4.79 Å². The number of benzene rings is 2. The van der Waals surface area contributed by atoms with Crippen molar-refractivity contribution in [3.8, 4) is 16.2 Å². The second-order valence-electron chi connectivity index (χ2n) is 5.16. The summed E-state index contributed by atoms with van der Waals surface area (Å²) in [4.78, 5) is 12.3. The normalized spacial score (nSPS) is 10.4. The van der Waals surface area contributed by atoms with Crippen molar-refractivity contribution in [2.24, 2.45) is 5.73 Å². The van der Waals surface area contributed by atoms with Crippen LogP contribution in [0.5, 0.6) is 5.75 Å². The number of hydrogen-bond acceptors (Lipinski definition) is 3. The van der Waals surface area contributed by atoms with Crippen molar-refractivity contribution < 1.29 is 9.53 Å². The molecule has 0 unspecified atom stereocenters. The number of carbonyl (C=O) groups excluding carboxylic acids is 1. The van der Waals surface area contributed by atoms with Crippen LogP contribution in [-0.2, 0) is 6.42 Å². The third-order valence-corrected chi connectivity index (χ3v) is 4.46. The minimum absolute atomic E-state index is 0.404. The third-order valence-electron chi connectivity index (χ3n) is 3.54. The van der Waals surface area contributed by atoms with Crippen LogP contribution < -0.4 is 10.5 Å². The van der Waals surface area contributed by atoms with Gasteiger partial charge in [-0.05, 0) is 46.8 Å². The summed E-state index contributed by atoms with van der Waals surface area (Å²) in [6.45, 7) is 0.587. The Labute approximate surface area is 139 Å². The summed E-state index contributed by atoms with van der Waals surface area (Å²) in [6.07, 6.45) is 0.780. The van der Waals surface area contributed by atoms with Crippen molar-refractivity contribution in [1.29, 1.82) is 0 Å². The van der Waals surface area contributed by atoms with Crippen molar-refractivity contribution in [1.82, 2.24) is 0 Å². The van der Waals surface area contributed by atoms with E-state index in [0.29, 0.717) is 12.2 Å². The molecule has 0 aliphatic rings. The number of thiophene rings is 1. The Bertz CT molecular complexity index is 779. The Morgan fingerprint density at radius 3 is 2.57 bits per heavy atom. The number of carbonyl (C=O) groups is 1. The van der Waals surface area contributed by atoms with Crippen LogP contribution in [0.4, 0.5) is 0 Å². The van der Waals surface area contributed by atoms with Crippen LogP contribution >= 0.6 is 11.3 Å². The first-order valence-corrected chi connectivity index (χ1v) is 8.26. The number of nitrogens with two attached hydrogens (primary N) is 1. The Morgan fingerprint density at radius 2 is 1.87 bits per heavy atom. The fraction of sp³-hybridized carbons (Fsp3) is 0.105. The maximum absolute atomic E-state index is 11.0. The molecule has 0 aliphatic heterocycles. The second kappa shape index (κ2) is 7.11. The van der Waals surface area contributed by atoms with Crippen LogP contribution in [0.15, 0.2) is 66.0 Å². The molecule has 1 heterocycles. The molecule has 0 fully saturated rings. The van der Waals surface area contributed by atoms with Crippen LogP contribution in [-0.4, -0.2) is 12.5 Å². The van der Waals surface area contributed by atoms with E-state index in [9.17, 15) is 4.79 Å². The topological polar surface area (TPSA) is 52.3 Å². The largest absolute Gasteiger partial charge is 0.493 e. The molecule has 0 atom stereocenters. The molecule has 0 spiro atoms. The molecule has 116 valence electrons. The monoisotopic (exact) mass is 323 g/mol. The molecule has 23 heavy (non-hydrogen) atoms. The van der Waals surface area contributed by atoms with Crippen molar-refractivity contribution >= 4 is 17.2 Å². The summed E-state index contributed by atoms with van der Waals surface area (Å²) in [5.41, 5.74) is 8.04. The van der Waals surface area contributed by atoms with E-state index < -0.39 is 5.91 Å². The highest BCUT2D eigenvalue weighted by molar-refractivity contribution is 7.13. The standard InChI is InChI=1S/C19H17NO2S/c20-19(21)15-8-6-14(7-9-15)10-11-22-17-4-1-3-16(13-17)18-5-2-12-23-18/h1-9,12-13H,10-11H2,(H2,20,21). The van der Waals surface area contributed by atoms with Crippen LogP contribution in [0, 0.1) is 0 Å². The fourth-order valence-electron chi connectivity index (χ4n) is 2.30. The van der Waals surface area contributed by atoms with Gasteiger partial charge >= 0.3 is 0 Å². The summed E-state index contributed by atoms with van der Waals surface area (Å²) >= 11 is 1.72. The Morgan fingerprint density at radius 1 is 1.04 bits per heavy atom. The number of hydrogen-bond donors (Lipinski definition) is 1. The van der Waals surface area contributed by atoms with E-state index in [1.807, 2.05) is 30.3 Å². The average molecular weight is 323 g/mol. The maximum Gasteiger partial charge on any atom is 0.248 e. The molecule has 3 rings (SSSR count). The molecule has 0 saturated heterocycles. The van der Waals surface area contributed by atoms with Crippen LogP contribution in [0.2, 0.25) is 0 Å². The molecule has 0 aliphatic carbocycles. The highest BCUT2D eigenvalue weighted by Gasteiger charge is 2.02. The molecule has 1 aromatic heterocycles. The Balaban J connectivity index is 1.58. The molecule has 0 saturated carbocycles. The minimum Gasteiger partial charge on any atom is -0.493 e. The van der Waals surface area contributed by atoms with E-state index in [1.165, 1.54) is 10.4 Å². The van der Waals surface area contributed by atoms with E-state index in [4.69, 9.17) is 10.5 Å². The first-order chi connectivity index (χ1) is 11.2. The number of amides is 1. The molecule has 2 N–H and O–H groups in total. The van der Waals surface area contributed by atoms with Gasteiger partial charge in [-0.15, -0.1) is 11.3 Å². The van der Waals surface area contributed by atoms with Gasteiger partial charge in [-0.1, -0.05) is 30.3 Å². The van der Waals surface area contributed by atoms with Gasteiger partial charge < -0.3 is 10.5 Å². The van der Waals surface area contributed by atoms with Gasteiger partial charge in [-0.25, -0.2) is 0 Å². The smallest absolute Gasteiger partial charge is 0.248 e. The quantitative estimate of drug-likeness (QED) is 0.741. The second-order valence-corrected chi connectivity index (χ2v) is 6.11. The summed E-state index contributed by atoms with van der Waals surface area (Å²) in [6, 6.07) is 19.6. The summed E-state index contributed by atoms with van der Waals surface area (Å²) in [7, 11) is 0. The van der Waals surface area contributed by atoms with Crippen LogP contribution in [0.3, 0.4) is 0 Å². The van der Waals surface area contributed by atoms with E-state index in [2.05, 4.69) is 23.6 Å². The molecule has 4 heteroatoms. The van der Waals surface area contributed by atoms with Gasteiger partial charge in [0.05, 0.1) is 6.61 Å². The van der Waals surface area contributed by atoms with Crippen LogP contribution in [0.1, 0.15) is 15.9 Å². The van der Waals surface area contributed by atoms with Crippen LogP contribution in [0.25, 0.3) is 10.4 Å². The SMILES string of the molecule is NC(=O)c1ccc(CCOc2cccc(-c3cccs3)c2)cc1. The molecular weight excluding hydrogens is 306 g/mol. The molecule has 1 amide bonds. The molecule has 3 nitrogen and oxygen atoms in total. The Hall–Kier alpha value is -2.59. The molecule has 0 bridgehead atoms. The van der Waals surface area contributed by atoms with Crippen molar-refractivity contribution in [2.75, 3.05) is 6.61 Å². The Kier molecular flexibility index (Phi) is 4.74. The zero-order valence-corrected chi connectivity index (χ0v) is 13.4. The lowest BCUT2D eigenvalue weighted by Gasteiger charge is -2.08. The van der Waals surface area contributed by atoms with Gasteiger partial charge in [0.1, 0.15) is 5.75 Å². The minimum atomic E-state index is -0.404. The first-order valence-electron chi connectivity index (χ1n) is 7.38. The lowest BCUT2D eigenvalue weighted by atomic mass is 10.1. The van der Waals surface area contributed by atoms with E-state index in [0.717, 1.165) is 17.7 Å². The number of ether oxygens (including phenoxy) is 1. The van der Waals surface area contributed by atoms with Gasteiger partial charge in [0.2, 0.25) is 5.91 Å². The highest BCUT2D eigenvalue weighted by Crippen LogP contribution is 2.27.